The molecule has 15 heavy (non-hydrogen) atoms. The molecule has 1 aromatic heterocycles. The van der Waals surface area contributed by atoms with Crippen LogP contribution < -0.4 is 11.2 Å². The first-order valence-corrected chi connectivity index (χ1v) is 4.81. The summed E-state index contributed by atoms with van der Waals surface area (Å²) in [5.41, 5.74) is 8.32. The van der Waals surface area contributed by atoms with Crippen LogP contribution in [-0.2, 0) is 16.2 Å². The number of thiophene rings is 1. The number of carbonyl (C=O) groups excluding carboxylic acids is 1. The van der Waals surface area contributed by atoms with Crippen molar-refractivity contribution in [3.05, 3.63) is 21.9 Å². The lowest BCUT2D eigenvalue weighted by molar-refractivity contribution is -0.145. The van der Waals surface area contributed by atoms with Crippen LogP contribution in [0.5, 0.6) is 0 Å². The van der Waals surface area contributed by atoms with Gasteiger partial charge in [-0.15, -0.1) is 23.7 Å². The molecular formula is C8H12ClN3O2S. The van der Waals surface area contributed by atoms with E-state index in [-0.39, 0.29) is 18.2 Å². The summed E-state index contributed by atoms with van der Waals surface area (Å²) >= 11 is 1.47. The van der Waals surface area contributed by atoms with E-state index >= 15 is 0 Å². The zero-order valence-corrected chi connectivity index (χ0v) is 9.71. The number of hydroxylamine groups is 1. The standard InChI is InChI=1S/C8H11N3O2S.ClH/c1-5(12)13-11-8(10)6-2-7(3-9)14-4-6;/h2,4H,3,9H2,1H3,(H2,10,11);1H. The maximum absolute atomic E-state index is 10.4. The van der Waals surface area contributed by atoms with Gasteiger partial charge in [-0.05, 0) is 6.07 Å². The van der Waals surface area contributed by atoms with Crippen molar-refractivity contribution in [3.63, 3.8) is 0 Å². The van der Waals surface area contributed by atoms with Crippen molar-refractivity contribution < 1.29 is 9.63 Å². The van der Waals surface area contributed by atoms with Crippen molar-refractivity contribution in [2.45, 2.75) is 13.5 Å². The van der Waals surface area contributed by atoms with Crippen molar-refractivity contribution in [1.82, 2.24) is 5.48 Å². The molecule has 84 valence electrons. The van der Waals surface area contributed by atoms with Crippen LogP contribution in [0.15, 0.2) is 11.4 Å². The summed E-state index contributed by atoms with van der Waals surface area (Å²) in [6.45, 7) is 1.71. The van der Waals surface area contributed by atoms with Crippen molar-refractivity contribution >= 4 is 35.5 Å². The molecule has 1 rings (SSSR count). The number of halogens is 1. The Morgan fingerprint density at radius 2 is 2.40 bits per heavy atom. The zero-order chi connectivity index (χ0) is 10.6. The summed E-state index contributed by atoms with van der Waals surface area (Å²) in [5.74, 6) is -0.430. The molecule has 0 fully saturated rings. The summed E-state index contributed by atoms with van der Waals surface area (Å²) in [6, 6.07) is 1.78. The first-order chi connectivity index (χ1) is 6.63. The van der Waals surface area contributed by atoms with Crippen molar-refractivity contribution in [3.8, 4) is 0 Å². The Hall–Kier alpha value is -1.11. The topological polar surface area (TPSA) is 88.2 Å². The number of rotatable bonds is 2. The second-order valence-corrected chi connectivity index (χ2v) is 3.57. The molecule has 0 bridgehead atoms. The number of carbonyl (C=O) groups is 1. The predicted molar refractivity (Wildman–Crippen MR) is 61.2 cm³/mol. The summed E-state index contributed by atoms with van der Waals surface area (Å²) in [4.78, 5) is 15.9. The van der Waals surface area contributed by atoms with Gasteiger partial charge in [-0.2, -0.15) is 0 Å². The monoisotopic (exact) mass is 249 g/mol. The maximum atomic E-state index is 10.4. The third-order valence-corrected chi connectivity index (χ3v) is 2.40. The van der Waals surface area contributed by atoms with E-state index in [4.69, 9.17) is 11.1 Å². The number of hydrogen-bond acceptors (Lipinski definition) is 5. The van der Waals surface area contributed by atoms with Gasteiger partial charge in [0.05, 0.1) is 0 Å². The van der Waals surface area contributed by atoms with Crippen molar-refractivity contribution in [1.29, 1.82) is 5.41 Å². The van der Waals surface area contributed by atoms with Gasteiger partial charge in [-0.3, -0.25) is 10.2 Å². The molecule has 7 heteroatoms. The molecule has 0 aliphatic carbocycles. The minimum atomic E-state index is -0.482. The lowest BCUT2D eigenvalue weighted by Crippen LogP contribution is -2.25. The second kappa shape index (κ2) is 6.39. The third-order valence-electron chi connectivity index (χ3n) is 1.44. The van der Waals surface area contributed by atoms with Gasteiger partial charge < -0.3 is 10.6 Å². The highest BCUT2D eigenvalue weighted by Crippen LogP contribution is 2.13. The Labute approximate surface area is 97.5 Å². The van der Waals surface area contributed by atoms with Crippen molar-refractivity contribution in [2.24, 2.45) is 5.73 Å². The van der Waals surface area contributed by atoms with E-state index in [2.05, 4.69) is 10.3 Å². The maximum Gasteiger partial charge on any atom is 0.329 e. The Morgan fingerprint density at radius 3 is 2.87 bits per heavy atom. The smallest absolute Gasteiger partial charge is 0.329 e. The molecule has 0 spiro atoms. The van der Waals surface area contributed by atoms with Crippen LogP contribution in [0.2, 0.25) is 0 Å². The zero-order valence-electron chi connectivity index (χ0n) is 8.07. The first kappa shape index (κ1) is 13.9. The highest BCUT2D eigenvalue weighted by Gasteiger charge is 2.05. The van der Waals surface area contributed by atoms with Gasteiger partial charge in [-0.1, -0.05) is 0 Å². The van der Waals surface area contributed by atoms with Crippen LogP contribution in [-0.4, -0.2) is 11.8 Å². The van der Waals surface area contributed by atoms with E-state index in [1.807, 2.05) is 0 Å². The Morgan fingerprint density at radius 1 is 1.73 bits per heavy atom. The second-order valence-electron chi connectivity index (χ2n) is 2.58. The minimum Gasteiger partial charge on any atom is -0.342 e. The molecule has 0 unspecified atom stereocenters. The first-order valence-electron chi connectivity index (χ1n) is 3.93. The average molecular weight is 250 g/mol. The Bertz CT molecular complexity index is 353. The fourth-order valence-corrected chi connectivity index (χ4v) is 1.56. The summed E-state index contributed by atoms with van der Waals surface area (Å²) in [5, 5.41) is 9.27. The van der Waals surface area contributed by atoms with Gasteiger partial charge in [0.25, 0.3) is 0 Å². The number of nitrogens with one attached hydrogen (secondary N) is 2. The third kappa shape index (κ3) is 4.28. The number of amidine groups is 1. The molecule has 4 N–H and O–H groups in total. The number of hydrogen-bond donors (Lipinski definition) is 3. The van der Waals surface area contributed by atoms with Crippen LogP contribution >= 0.6 is 23.7 Å². The molecule has 0 atom stereocenters. The fourth-order valence-electron chi connectivity index (χ4n) is 0.801. The predicted octanol–water partition coefficient (Wildman–Crippen LogP) is 1.02. The summed E-state index contributed by atoms with van der Waals surface area (Å²) < 4.78 is 0. The highest BCUT2D eigenvalue weighted by atomic mass is 35.5. The molecule has 0 radical (unpaired) electrons. The SMILES string of the molecule is CC(=O)ONC(=N)c1csc(CN)c1.Cl. The van der Waals surface area contributed by atoms with Crippen LogP contribution in [0.4, 0.5) is 0 Å². The lowest BCUT2D eigenvalue weighted by Gasteiger charge is -2.03. The molecule has 1 heterocycles. The van der Waals surface area contributed by atoms with E-state index in [0.717, 1.165) is 4.88 Å². The van der Waals surface area contributed by atoms with E-state index in [0.29, 0.717) is 12.1 Å². The van der Waals surface area contributed by atoms with Gasteiger partial charge >= 0.3 is 5.97 Å². The molecule has 0 saturated carbocycles. The Kier molecular flexibility index (Phi) is 5.92. The molecule has 0 aliphatic rings. The molecule has 1 aromatic rings. The fraction of sp³-hybridized carbons (Fsp3) is 0.250. The largest absolute Gasteiger partial charge is 0.342 e. The molecule has 0 amide bonds. The average Bonchev–Trinajstić information content (AvgIpc) is 2.62. The van der Waals surface area contributed by atoms with Gasteiger partial charge in [-0.25, -0.2) is 5.48 Å². The quantitative estimate of drug-likeness (QED) is 0.415. The normalized spacial score (nSPS) is 8.93. The minimum absolute atomic E-state index is 0. The lowest BCUT2D eigenvalue weighted by atomic mass is 10.3. The van der Waals surface area contributed by atoms with Gasteiger partial charge in [0, 0.05) is 29.3 Å². The van der Waals surface area contributed by atoms with E-state index in [9.17, 15) is 4.79 Å². The van der Waals surface area contributed by atoms with E-state index < -0.39 is 5.97 Å². The molecular weight excluding hydrogens is 238 g/mol. The van der Waals surface area contributed by atoms with E-state index in [1.54, 1.807) is 11.4 Å². The van der Waals surface area contributed by atoms with Crippen molar-refractivity contribution in [2.75, 3.05) is 0 Å². The molecule has 5 nitrogen and oxygen atoms in total. The van der Waals surface area contributed by atoms with Crippen LogP contribution in [0.1, 0.15) is 17.4 Å². The van der Waals surface area contributed by atoms with Crippen LogP contribution in [0.3, 0.4) is 0 Å². The molecule has 0 saturated heterocycles. The van der Waals surface area contributed by atoms with E-state index in [1.165, 1.54) is 18.3 Å². The molecule has 0 aliphatic heterocycles. The molecule has 0 aromatic carbocycles. The van der Waals surface area contributed by atoms with Gasteiger partial charge in [0.15, 0.2) is 5.84 Å². The van der Waals surface area contributed by atoms with Gasteiger partial charge in [0.2, 0.25) is 0 Å². The van der Waals surface area contributed by atoms with Gasteiger partial charge in [0.1, 0.15) is 0 Å². The summed E-state index contributed by atoms with van der Waals surface area (Å²) in [6.07, 6.45) is 0. The number of nitrogens with two attached hydrogens (primary N) is 1. The Balaban J connectivity index is 0.00000196. The van der Waals surface area contributed by atoms with Crippen LogP contribution in [0, 0.1) is 5.41 Å². The van der Waals surface area contributed by atoms with Crippen LogP contribution in [0.25, 0.3) is 0 Å². The summed E-state index contributed by atoms with van der Waals surface area (Å²) in [7, 11) is 0. The highest BCUT2D eigenvalue weighted by molar-refractivity contribution is 7.10.